The molecule has 3 fully saturated rings. The van der Waals surface area contributed by atoms with E-state index in [1.165, 1.54) is 0 Å². The van der Waals surface area contributed by atoms with Crippen molar-refractivity contribution in [3.63, 3.8) is 0 Å². The molecule has 0 aliphatic carbocycles. The van der Waals surface area contributed by atoms with Crippen LogP contribution in [0.4, 0.5) is 0 Å². The molecule has 0 aromatic rings. The summed E-state index contributed by atoms with van der Waals surface area (Å²) >= 11 is 0. The van der Waals surface area contributed by atoms with E-state index in [4.69, 9.17) is 28.8 Å². The maximum absolute atomic E-state index is 10.7. The Balaban J connectivity index is 1.76. The molecule has 3 saturated heterocycles. The van der Waals surface area contributed by atoms with Crippen molar-refractivity contribution in [3.05, 3.63) is 0 Å². The number of aliphatic hydroxyl groups is 11. The fraction of sp³-hybridized carbons (Fsp3) is 1.00. The fourth-order valence-electron chi connectivity index (χ4n) is 4.09. The van der Waals surface area contributed by atoms with Crippen LogP contribution in [0.25, 0.3) is 0 Å². The van der Waals surface area contributed by atoms with Crippen molar-refractivity contribution in [2.24, 2.45) is 0 Å². The summed E-state index contributed by atoms with van der Waals surface area (Å²) in [5.41, 5.74) is 0. The summed E-state index contributed by atoms with van der Waals surface area (Å²) in [5.74, 6) is 0. The SMILES string of the molecule is OC[C@@H](O)[C@@H]1O[C@@H](O[C@H]2[C@@H](O)[C@@H](CO)O[C@H](O[C@@H]3[C@@H](O)[C@H](O)O[C@H]3[C@H](O)CO)[C@@H]2O)[C@H](O)[C@H]1O. The molecule has 11 N–H and O–H groups in total. The smallest absolute Gasteiger partial charge is 0.187 e. The number of hydrogen-bond donors (Lipinski definition) is 11. The van der Waals surface area contributed by atoms with Gasteiger partial charge in [0.2, 0.25) is 0 Å². The van der Waals surface area contributed by atoms with Gasteiger partial charge >= 0.3 is 0 Å². The van der Waals surface area contributed by atoms with E-state index in [1.54, 1.807) is 0 Å². The average Bonchev–Trinajstić information content (AvgIpc) is 3.27. The summed E-state index contributed by atoms with van der Waals surface area (Å²) in [7, 11) is 0. The van der Waals surface area contributed by atoms with Gasteiger partial charge in [0.1, 0.15) is 73.2 Å². The molecule has 0 spiro atoms. The van der Waals surface area contributed by atoms with Gasteiger partial charge in [-0.05, 0) is 0 Å². The molecule has 16 heteroatoms. The van der Waals surface area contributed by atoms with Gasteiger partial charge in [0.15, 0.2) is 18.9 Å². The van der Waals surface area contributed by atoms with Crippen LogP contribution in [0, 0.1) is 0 Å². The lowest BCUT2D eigenvalue weighted by Crippen LogP contribution is -2.62. The van der Waals surface area contributed by atoms with Crippen molar-refractivity contribution in [1.82, 2.24) is 0 Å². The molecule has 0 radical (unpaired) electrons. The van der Waals surface area contributed by atoms with E-state index < -0.39 is 112 Å². The molecular weight excluding hydrogens is 472 g/mol. The van der Waals surface area contributed by atoms with Crippen LogP contribution < -0.4 is 0 Å². The second kappa shape index (κ2) is 11.6. The second-order valence-electron chi connectivity index (χ2n) is 8.34. The van der Waals surface area contributed by atoms with Crippen LogP contribution >= 0.6 is 0 Å². The highest BCUT2D eigenvalue weighted by Gasteiger charge is 2.54. The summed E-state index contributed by atoms with van der Waals surface area (Å²) in [6.07, 6.45) is -24.7. The number of ether oxygens (including phenoxy) is 5. The van der Waals surface area contributed by atoms with Gasteiger partial charge in [-0.1, -0.05) is 0 Å². The van der Waals surface area contributed by atoms with Crippen molar-refractivity contribution in [2.75, 3.05) is 19.8 Å². The van der Waals surface area contributed by atoms with Crippen LogP contribution in [0.2, 0.25) is 0 Å². The molecule has 0 unspecified atom stereocenters. The van der Waals surface area contributed by atoms with E-state index in [1.807, 2.05) is 0 Å². The zero-order valence-electron chi connectivity index (χ0n) is 17.7. The van der Waals surface area contributed by atoms with Gasteiger partial charge in [-0.3, -0.25) is 0 Å². The molecule has 3 aliphatic heterocycles. The third-order valence-corrected chi connectivity index (χ3v) is 6.04. The molecule has 0 aromatic carbocycles. The fourth-order valence-corrected chi connectivity index (χ4v) is 4.09. The summed E-state index contributed by atoms with van der Waals surface area (Å²) in [6, 6.07) is 0. The van der Waals surface area contributed by atoms with Crippen LogP contribution in [0.1, 0.15) is 0 Å². The van der Waals surface area contributed by atoms with Gasteiger partial charge < -0.3 is 79.9 Å². The molecule has 3 heterocycles. The Bertz CT molecular complexity index is 641. The summed E-state index contributed by atoms with van der Waals surface area (Å²) < 4.78 is 26.4. The Morgan fingerprint density at radius 3 is 1.74 bits per heavy atom. The van der Waals surface area contributed by atoms with Crippen molar-refractivity contribution in [3.8, 4) is 0 Å². The second-order valence-corrected chi connectivity index (χ2v) is 8.34. The van der Waals surface area contributed by atoms with Crippen molar-refractivity contribution >= 4 is 0 Å². The summed E-state index contributed by atoms with van der Waals surface area (Å²) in [6.45, 7) is -2.42. The average molecular weight is 504 g/mol. The topological polar surface area (TPSA) is 269 Å². The van der Waals surface area contributed by atoms with Crippen LogP contribution in [0.3, 0.4) is 0 Å². The third kappa shape index (κ3) is 5.37. The molecule has 16 nitrogen and oxygen atoms in total. The van der Waals surface area contributed by atoms with Crippen molar-refractivity contribution < 1.29 is 79.9 Å². The van der Waals surface area contributed by atoms with Gasteiger partial charge in [0.25, 0.3) is 0 Å². The molecule has 34 heavy (non-hydrogen) atoms. The molecule has 3 aliphatic rings. The van der Waals surface area contributed by atoms with E-state index in [0.717, 1.165) is 0 Å². The minimum Gasteiger partial charge on any atom is -0.394 e. The highest BCUT2D eigenvalue weighted by molar-refractivity contribution is 4.97. The van der Waals surface area contributed by atoms with Gasteiger partial charge in [0.05, 0.1) is 19.8 Å². The van der Waals surface area contributed by atoms with Crippen LogP contribution in [0.5, 0.6) is 0 Å². The standard InChI is InChI=1S/C18H32O16/c19-1-4(22)12-8(25)9(26)17(32-12)33-14-7(24)6(3-21)30-18(11(14)28)34-15-10(27)16(29)31-13(15)5(23)2-20/h4-29H,1-3H2/t4-,5-,6-,7+,8-,9-,10-,11-,12+,13+,14+,15-,16-,17+,18-/m1/s1. The van der Waals surface area contributed by atoms with Crippen LogP contribution in [-0.2, 0) is 23.7 Å². The Morgan fingerprint density at radius 1 is 0.588 bits per heavy atom. The highest BCUT2D eigenvalue weighted by atomic mass is 16.8. The van der Waals surface area contributed by atoms with E-state index >= 15 is 0 Å². The summed E-state index contributed by atoms with van der Waals surface area (Å²) in [5, 5.41) is 109. The molecule has 0 amide bonds. The largest absolute Gasteiger partial charge is 0.394 e. The van der Waals surface area contributed by atoms with Crippen molar-refractivity contribution in [2.45, 2.75) is 92.1 Å². The lowest BCUT2D eigenvalue weighted by atomic mass is 9.98. The molecule has 0 bridgehead atoms. The van der Waals surface area contributed by atoms with E-state index in [0.29, 0.717) is 0 Å². The quantitative estimate of drug-likeness (QED) is 0.139. The predicted molar refractivity (Wildman–Crippen MR) is 101 cm³/mol. The lowest BCUT2D eigenvalue weighted by Gasteiger charge is -2.43. The lowest BCUT2D eigenvalue weighted by molar-refractivity contribution is -0.343. The Hall–Kier alpha value is -0.640. The number of aliphatic hydroxyl groups excluding tert-OH is 11. The Morgan fingerprint density at radius 2 is 1.15 bits per heavy atom. The van der Waals surface area contributed by atoms with E-state index in [-0.39, 0.29) is 0 Å². The van der Waals surface area contributed by atoms with Gasteiger partial charge in [0, 0.05) is 0 Å². The maximum Gasteiger partial charge on any atom is 0.187 e. The number of rotatable bonds is 9. The minimum atomic E-state index is -1.88. The normalized spacial score (nSPS) is 49.3. The minimum absolute atomic E-state index is 0.800. The first-order chi connectivity index (χ1) is 16.0. The first-order valence-electron chi connectivity index (χ1n) is 10.6. The zero-order valence-corrected chi connectivity index (χ0v) is 17.7. The Kier molecular flexibility index (Phi) is 9.54. The number of hydrogen-bond acceptors (Lipinski definition) is 16. The van der Waals surface area contributed by atoms with Crippen LogP contribution in [0.15, 0.2) is 0 Å². The highest BCUT2D eigenvalue weighted by Crippen LogP contribution is 2.33. The maximum atomic E-state index is 10.7. The molecule has 15 atom stereocenters. The first-order valence-corrected chi connectivity index (χ1v) is 10.6. The van der Waals surface area contributed by atoms with Gasteiger partial charge in [-0.2, -0.15) is 0 Å². The van der Waals surface area contributed by atoms with Gasteiger partial charge in [-0.25, -0.2) is 0 Å². The van der Waals surface area contributed by atoms with Crippen molar-refractivity contribution in [1.29, 1.82) is 0 Å². The molecule has 3 rings (SSSR count). The molecule has 0 saturated carbocycles. The summed E-state index contributed by atoms with van der Waals surface area (Å²) in [4.78, 5) is 0. The Labute approximate surface area is 192 Å². The van der Waals surface area contributed by atoms with E-state index in [2.05, 4.69) is 0 Å². The zero-order chi connectivity index (χ0) is 25.3. The third-order valence-electron chi connectivity index (χ3n) is 6.04. The monoisotopic (exact) mass is 504 g/mol. The predicted octanol–water partition coefficient (Wildman–Crippen LogP) is -7.57. The molecular formula is C18H32O16. The molecule has 0 aromatic heterocycles. The first kappa shape index (κ1) is 27.9. The van der Waals surface area contributed by atoms with E-state index in [9.17, 15) is 51.1 Å². The van der Waals surface area contributed by atoms with Gasteiger partial charge in [-0.15, -0.1) is 0 Å². The van der Waals surface area contributed by atoms with Crippen LogP contribution in [-0.4, -0.2) is 168 Å². The molecule has 200 valence electrons.